The summed E-state index contributed by atoms with van der Waals surface area (Å²) in [5.41, 5.74) is 0.522. The SMILES string of the molecule is CC(C)c1n[nH]c(CC2(C)CC2)n1. The Morgan fingerprint density at radius 3 is 2.62 bits per heavy atom. The molecule has 1 N–H and O–H groups in total. The number of H-pyrrole nitrogens is 1. The Bertz CT molecular complexity index is 297. The second-order valence-electron chi connectivity index (χ2n) is 4.78. The lowest BCUT2D eigenvalue weighted by atomic mass is 10.1. The summed E-state index contributed by atoms with van der Waals surface area (Å²) in [7, 11) is 0. The molecule has 72 valence electrons. The number of aromatic nitrogens is 3. The molecule has 0 bridgehead atoms. The van der Waals surface area contributed by atoms with E-state index in [9.17, 15) is 0 Å². The molecule has 1 saturated carbocycles. The fraction of sp³-hybridized carbons (Fsp3) is 0.800. The fourth-order valence-electron chi connectivity index (χ4n) is 1.44. The third-order valence-corrected chi connectivity index (χ3v) is 2.76. The predicted octanol–water partition coefficient (Wildman–Crippen LogP) is 2.27. The van der Waals surface area contributed by atoms with Crippen LogP contribution in [0.25, 0.3) is 0 Å². The number of hydrogen-bond donors (Lipinski definition) is 1. The summed E-state index contributed by atoms with van der Waals surface area (Å²) < 4.78 is 0. The van der Waals surface area contributed by atoms with Gasteiger partial charge < -0.3 is 0 Å². The number of nitrogens with zero attached hydrogens (tertiary/aromatic N) is 2. The van der Waals surface area contributed by atoms with Crippen molar-refractivity contribution in [2.75, 3.05) is 0 Å². The van der Waals surface area contributed by atoms with E-state index in [1.807, 2.05) is 0 Å². The molecular weight excluding hydrogens is 162 g/mol. The van der Waals surface area contributed by atoms with Crippen molar-refractivity contribution in [3.8, 4) is 0 Å². The maximum absolute atomic E-state index is 4.47. The van der Waals surface area contributed by atoms with Crippen molar-refractivity contribution in [1.29, 1.82) is 0 Å². The lowest BCUT2D eigenvalue weighted by Gasteiger charge is -2.02. The zero-order valence-electron chi connectivity index (χ0n) is 8.59. The minimum atomic E-state index is 0.428. The molecular formula is C10H17N3. The Labute approximate surface area is 79.0 Å². The lowest BCUT2D eigenvalue weighted by Crippen LogP contribution is -2.01. The van der Waals surface area contributed by atoms with Crippen LogP contribution < -0.4 is 0 Å². The summed E-state index contributed by atoms with van der Waals surface area (Å²) in [6.45, 7) is 6.54. The molecule has 1 fully saturated rings. The predicted molar refractivity (Wildman–Crippen MR) is 51.5 cm³/mol. The van der Waals surface area contributed by atoms with Crippen LogP contribution in [0, 0.1) is 5.41 Å². The summed E-state index contributed by atoms with van der Waals surface area (Å²) in [6, 6.07) is 0. The molecule has 3 heteroatoms. The molecule has 1 aliphatic carbocycles. The lowest BCUT2D eigenvalue weighted by molar-refractivity contribution is 0.551. The van der Waals surface area contributed by atoms with E-state index in [1.165, 1.54) is 12.8 Å². The first-order valence-electron chi connectivity index (χ1n) is 5.00. The molecule has 1 aromatic heterocycles. The van der Waals surface area contributed by atoms with E-state index < -0.39 is 0 Å². The Balaban J connectivity index is 2.05. The Morgan fingerprint density at radius 1 is 1.46 bits per heavy atom. The minimum absolute atomic E-state index is 0.428. The van der Waals surface area contributed by atoms with Crippen LogP contribution in [0.5, 0.6) is 0 Å². The highest BCUT2D eigenvalue weighted by Crippen LogP contribution is 2.47. The molecule has 0 spiro atoms. The van der Waals surface area contributed by atoms with Crippen molar-refractivity contribution < 1.29 is 0 Å². The molecule has 1 aliphatic rings. The highest BCUT2D eigenvalue weighted by Gasteiger charge is 2.38. The largest absolute Gasteiger partial charge is 0.263 e. The summed E-state index contributed by atoms with van der Waals surface area (Å²) in [4.78, 5) is 4.47. The molecule has 1 heterocycles. The van der Waals surface area contributed by atoms with E-state index in [1.54, 1.807) is 0 Å². The van der Waals surface area contributed by atoms with Gasteiger partial charge in [-0.15, -0.1) is 0 Å². The Kier molecular flexibility index (Phi) is 1.90. The van der Waals surface area contributed by atoms with E-state index in [0.717, 1.165) is 18.1 Å². The summed E-state index contributed by atoms with van der Waals surface area (Å²) in [5, 5.41) is 7.21. The summed E-state index contributed by atoms with van der Waals surface area (Å²) in [5.74, 6) is 2.43. The normalized spacial score (nSPS) is 19.4. The molecule has 0 saturated heterocycles. The van der Waals surface area contributed by atoms with Gasteiger partial charge >= 0.3 is 0 Å². The van der Waals surface area contributed by atoms with Gasteiger partial charge in [0, 0.05) is 12.3 Å². The molecule has 2 rings (SSSR count). The van der Waals surface area contributed by atoms with Crippen LogP contribution >= 0.6 is 0 Å². The van der Waals surface area contributed by atoms with Crippen LogP contribution in [-0.2, 0) is 6.42 Å². The molecule has 0 atom stereocenters. The standard InChI is InChI=1S/C10H17N3/c1-7(2)9-11-8(12-13-9)6-10(3)4-5-10/h7H,4-6H2,1-3H3,(H,11,12,13). The molecule has 3 nitrogen and oxygen atoms in total. The van der Waals surface area contributed by atoms with Gasteiger partial charge in [0.25, 0.3) is 0 Å². The van der Waals surface area contributed by atoms with Crippen LogP contribution in [0.4, 0.5) is 0 Å². The van der Waals surface area contributed by atoms with Crippen LogP contribution in [0.3, 0.4) is 0 Å². The molecule has 1 aromatic rings. The molecule has 0 amide bonds. The van der Waals surface area contributed by atoms with Crippen molar-refractivity contribution in [1.82, 2.24) is 15.2 Å². The van der Waals surface area contributed by atoms with Gasteiger partial charge in [-0.1, -0.05) is 20.8 Å². The van der Waals surface area contributed by atoms with E-state index >= 15 is 0 Å². The van der Waals surface area contributed by atoms with Gasteiger partial charge in [-0.25, -0.2) is 4.98 Å². The maximum atomic E-state index is 4.47. The number of rotatable bonds is 3. The van der Waals surface area contributed by atoms with Crippen molar-refractivity contribution in [2.45, 2.75) is 46.0 Å². The van der Waals surface area contributed by atoms with Gasteiger partial charge in [-0.2, -0.15) is 5.10 Å². The van der Waals surface area contributed by atoms with Gasteiger partial charge in [0.1, 0.15) is 5.82 Å². The first-order valence-corrected chi connectivity index (χ1v) is 5.00. The van der Waals surface area contributed by atoms with E-state index in [2.05, 4.69) is 36.0 Å². The van der Waals surface area contributed by atoms with Gasteiger partial charge in [-0.05, 0) is 18.3 Å². The van der Waals surface area contributed by atoms with Crippen LogP contribution in [0.2, 0.25) is 0 Å². The maximum Gasteiger partial charge on any atom is 0.153 e. The highest BCUT2D eigenvalue weighted by atomic mass is 15.2. The fourth-order valence-corrected chi connectivity index (χ4v) is 1.44. The quantitative estimate of drug-likeness (QED) is 0.773. The first-order chi connectivity index (χ1) is 6.09. The smallest absolute Gasteiger partial charge is 0.153 e. The second kappa shape index (κ2) is 2.82. The molecule has 0 unspecified atom stereocenters. The monoisotopic (exact) mass is 179 g/mol. The van der Waals surface area contributed by atoms with Crippen molar-refractivity contribution in [2.24, 2.45) is 5.41 Å². The van der Waals surface area contributed by atoms with Gasteiger partial charge in [0.15, 0.2) is 5.82 Å². The third kappa shape index (κ3) is 1.90. The second-order valence-corrected chi connectivity index (χ2v) is 4.78. The third-order valence-electron chi connectivity index (χ3n) is 2.76. The van der Waals surface area contributed by atoms with Crippen molar-refractivity contribution in [3.05, 3.63) is 11.6 Å². The van der Waals surface area contributed by atoms with Gasteiger partial charge in [-0.3, -0.25) is 5.10 Å². The van der Waals surface area contributed by atoms with Crippen LogP contribution in [-0.4, -0.2) is 15.2 Å². The average Bonchev–Trinajstić information content (AvgIpc) is 2.62. The van der Waals surface area contributed by atoms with Crippen molar-refractivity contribution >= 4 is 0 Å². The van der Waals surface area contributed by atoms with Crippen LogP contribution in [0.1, 0.15) is 51.2 Å². The van der Waals surface area contributed by atoms with Gasteiger partial charge in [0.2, 0.25) is 0 Å². The van der Waals surface area contributed by atoms with E-state index in [-0.39, 0.29) is 0 Å². The average molecular weight is 179 g/mol. The van der Waals surface area contributed by atoms with E-state index in [4.69, 9.17) is 0 Å². The molecule has 13 heavy (non-hydrogen) atoms. The minimum Gasteiger partial charge on any atom is -0.263 e. The van der Waals surface area contributed by atoms with E-state index in [0.29, 0.717) is 11.3 Å². The molecule has 0 radical (unpaired) electrons. The Hall–Kier alpha value is -0.860. The Morgan fingerprint density at radius 2 is 2.15 bits per heavy atom. The number of hydrogen-bond acceptors (Lipinski definition) is 2. The number of nitrogens with one attached hydrogen (secondary N) is 1. The summed E-state index contributed by atoms with van der Waals surface area (Å²) >= 11 is 0. The van der Waals surface area contributed by atoms with Crippen LogP contribution in [0.15, 0.2) is 0 Å². The topological polar surface area (TPSA) is 41.6 Å². The summed E-state index contributed by atoms with van der Waals surface area (Å²) in [6.07, 6.45) is 3.74. The highest BCUT2D eigenvalue weighted by molar-refractivity contribution is 5.02. The number of aromatic amines is 1. The van der Waals surface area contributed by atoms with Gasteiger partial charge in [0.05, 0.1) is 0 Å². The first kappa shape index (κ1) is 8.73. The van der Waals surface area contributed by atoms with Crippen molar-refractivity contribution in [3.63, 3.8) is 0 Å². The zero-order valence-corrected chi connectivity index (χ0v) is 8.59. The molecule has 0 aromatic carbocycles. The zero-order chi connectivity index (χ0) is 9.47. The molecule has 0 aliphatic heterocycles.